The molecular formula is C12H24N2O4S. The van der Waals surface area contributed by atoms with Crippen LogP contribution in [-0.2, 0) is 14.9 Å². The van der Waals surface area contributed by atoms with E-state index in [9.17, 15) is 13.2 Å². The minimum atomic E-state index is -3.83. The Bertz CT molecular complexity index is 393. The number of carbonyl (C=O) groups excluding carboxylic acids is 1. The molecule has 6 nitrogen and oxygen atoms in total. The molecule has 0 aliphatic carbocycles. The van der Waals surface area contributed by atoms with E-state index in [0.29, 0.717) is 25.0 Å². The molecule has 0 aromatic rings. The summed E-state index contributed by atoms with van der Waals surface area (Å²) in [6.45, 7) is 7.40. The number of nitrogens with zero attached hydrogens (tertiary/aromatic N) is 1. The predicted octanol–water partition coefficient (Wildman–Crippen LogP) is 0.669. The van der Waals surface area contributed by atoms with Gasteiger partial charge in [0, 0.05) is 12.1 Å². The van der Waals surface area contributed by atoms with Gasteiger partial charge >= 0.3 is 0 Å². The van der Waals surface area contributed by atoms with Gasteiger partial charge < -0.3 is 10.2 Å². The molecule has 19 heavy (non-hydrogen) atoms. The average Bonchev–Trinajstić information content (AvgIpc) is 2.28. The fourth-order valence-electron chi connectivity index (χ4n) is 1.48. The number of hydrogen-bond donors (Lipinski definition) is 2. The Morgan fingerprint density at radius 1 is 1.26 bits per heavy atom. The van der Waals surface area contributed by atoms with Crippen LogP contribution in [0.25, 0.3) is 0 Å². The molecule has 0 saturated heterocycles. The minimum absolute atomic E-state index is 0.129. The van der Waals surface area contributed by atoms with Gasteiger partial charge in [0.1, 0.15) is 0 Å². The Morgan fingerprint density at radius 2 is 1.84 bits per heavy atom. The molecule has 0 aliphatic heterocycles. The summed E-state index contributed by atoms with van der Waals surface area (Å²) in [5.74, 6) is -0.314. The van der Waals surface area contributed by atoms with Crippen molar-refractivity contribution < 1.29 is 17.8 Å². The molecule has 112 valence electrons. The molecule has 0 saturated carbocycles. The predicted molar refractivity (Wildman–Crippen MR) is 75.6 cm³/mol. The van der Waals surface area contributed by atoms with Crippen LogP contribution in [0.2, 0.25) is 0 Å². The van der Waals surface area contributed by atoms with Gasteiger partial charge in [0.2, 0.25) is 5.91 Å². The van der Waals surface area contributed by atoms with Crippen LogP contribution in [-0.4, -0.2) is 56.2 Å². The van der Waals surface area contributed by atoms with E-state index in [4.69, 9.17) is 4.55 Å². The van der Waals surface area contributed by atoms with Crippen LogP contribution in [0.5, 0.6) is 0 Å². The highest BCUT2D eigenvalue weighted by Crippen LogP contribution is 1.97. The van der Waals surface area contributed by atoms with Crippen molar-refractivity contribution >= 4 is 16.0 Å². The molecule has 1 amide bonds. The van der Waals surface area contributed by atoms with Crippen LogP contribution < -0.4 is 5.32 Å². The number of unbranched alkanes of at least 4 members (excludes halogenated alkanes) is 1. The van der Waals surface area contributed by atoms with Crippen LogP contribution >= 0.6 is 0 Å². The maximum atomic E-state index is 11.2. The Hall–Kier alpha value is -0.920. The molecule has 0 fully saturated rings. The molecule has 0 heterocycles. The second-order valence-electron chi connectivity index (χ2n) is 4.69. The smallest absolute Gasteiger partial charge is 0.264 e. The van der Waals surface area contributed by atoms with Crippen molar-refractivity contribution in [1.82, 2.24) is 10.2 Å². The number of hydrogen-bond acceptors (Lipinski definition) is 4. The van der Waals surface area contributed by atoms with E-state index in [1.54, 1.807) is 6.92 Å². The van der Waals surface area contributed by atoms with Crippen molar-refractivity contribution in [2.24, 2.45) is 0 Å². The first kappa shape index (κ1) is 18.1. The summed E-state index contributed by atoms with van der Waals surface area (Å²) >= 11 is 0. The third-order valence-electron chi connectivity index (χ3n) is 2.58. The van der Waals surface area contributed by atoms with Crippen molar-refractivity contribution in [1.29, 1.82) is 0 Å². The second kappa shape index (κ2) is 9.06. The van der Waals surface area contributed by atoms with Gasteiger partial charge in [-0.3, -0.25) is 9.35 Å². The van der Waals surface area contributed by atoms with Crippen LogP contribution in [0.1, 0.15) is 26.2 Å². The monoisotopic (exact) mass is 292 g/mol. The highest BCUT2D eigenvalue weighted by Gasteiger charge is 2.05. The van der Waals surface area contributed by atoms with Gasteiger partial charge in [-0.05, 0) is 46.3 Å². The largest absolute Gasteiger partial charge is 0.352 e. The van der Waals surface area contributed by atoms with Crippen LogP contribution in [0.3, 0.4) is 0 Å². The minimum Gasteiger partial charge on any atom is -0.352 e. The van der Waals surface area contributed by atoms with Gasteiger partial charge in [0.25, 0.3) is 10.1 Å². The second-order valence-corrected chi connectivity index (χ2v) is 6.26. The number of carbonyl (C=O) groups is 1. The summed E-state index contributed by atoms with van der Waals surface area (Å²) in [7, 11) is -1.90. The molecule has 0 unspecified atom stereocenters. The lowest BCUT2D eigenvalue weighted by atomic mass is 10.3. The van der Waals surface area contributed by atoms with Crippen LogP contribution in [0.4, 0.5) is 0 Å². The topological polar surface area (TPSA) is 86.7 Å². The lowest BCUT2D eigenvalue weighted by Crippen LogP contribution is -2.29. The Labute approximate surface area is 115 Å². The molecule has 0 aliphatic rings. The van der Waals surface area contributed by atoms with Crippen molar-refractivity contribution in [3.05, 3.63) is 12.2 Å². The van der Waals surface area contributed by atoms with Gasteiger partial charge in [-0.15, -0.1) is 0 Å². The third kappa shape index (κ3) is 11.9. The first-order valence-corrected chi connectivity index (χ1v) is 7.90. The Morgan fingerprint density at radius 3 is 2.37 bits per heavy atom. The molecule has 2 N–H and O–H groups in total. The fraction of sp³-hybridized carbons (Fsp3) is 0.750. The van der Waals surface area contributed by atoms with Crippen LogP contribution in [0, 0.1) is 0 Å². The van der Waals surface area contributed by atoms with Crippen LogP contribution in [0.15, 0.2) is 12.2 Å². The van der Waals surface area contributed by atoms with E-state index in [0.717, 1.165) is 19.5 Å². The lowest BCUT2D eigenvalue weighted by Gasteiger charge is -2.16. The maximum Gasteiger partial charge on any atom is 0.264 e. The van der Waals surface area contributed by atoms with E-state index in [1.807, 2.05) is 7.05 Å². The summed E-state index contributed by atoms with van der Waals surface area (Å²) in [6.07, 6.45) is 2.00. The molecule has 0 atom stereocenters. The molecule has 0 aromatic heterocycles. The lowest BCUT2D eigenvalue weighted by molar-refractivity contribution is -0.117. The summed E-state index contributed by atoms with van der Waals surface area (Å²) < 4.78 is 29.6. The molecule has 0 spiro atoms. The Balaban J connectivity index is 3.52. The highest BCUT2D eigenvalue weighted by molar-refractivity contribution is 7.85. The van der Waals surface area contributed by atoms with Gasteiger partial charge in [0.15, 0.2) is 0 Å². The normalized spacial score (nSPS) is 11.6. The molecular weight excluding hydrogens is 268 g/mol. The third-order valence-corrected chi connectivity index (χ3v) is 3.39. The van der Waals surface area contributed by atoms with Gasteiger partial charge in [-0.1, -0.05) is 6.58 Å². The van der Waals surface area contributed by atoms with Crippen molar-refractivity contribution in [2.45, 2.75) is 26.2 Å². The summed E-state index contributed by atoms with van der Waals surface area (Å²) in [5, 5.41) is 2.75. The quantitative estimate of drug-likeness (QED) is 0.351. The first-order valence-electron chi connectivity index (χ1n) is 6.30. The van der Waals surface area contributed by atoms with Gasteiger partial charge in [-0.25, -0.2) is 0 Å². The molecule has 0 aromatic carbocycles. The van der Waals surface area contributed by atoms with Crippen molar-refractivity contribution in [3.63, 3.8) is 0 Å². The van der Waals surface area contributed by atoms with Gasteiger partial charge in [0.05, 0.1) is 5.75 Å². The average molecular weight is 292 g/mol. The number of amides is 1. The maximum absolute atomic E-state index is 11.2. The molecule has 0 rings (SSSR count). The van der Waals surface area contributed by atoms with Crippen molar-refractivity contribution in [2.75, 3.05) is 32.4 Å². The van der Waals surface area contributed by atoms with E-state index in [-0.39, 0.29) is 11.7 Å². The van der Waals surface area contributed by atoms with E-state index < -0.39 is 10.1 Å². The van der Waals surface area contributed by atoms with E-state index in [1.165, 1.54) is 0 Å². The fourth-order valence-corrected chi connectivity index (χ4v) is 2.05. The summed E-state index contributed by atoms with van der Waals surface area (Å²) in [6, 6.07) is 0. The number of nitrogens with one attached hydrogen (secondary N) is 1. The highest BCUT2D eigenvalue weighted by atomic mass is 32.2. The summed E-state index contributed by atoms with van der Waals surface area (Å²) in [4.78, 5) is 13.3. The molecule has 0 bridgehead atoms. The zero-order chi connectivity index (χ0) is 14.9. The summed E-state index contributed by atoms with van der Waals surface area (Å²) in [5.41, 5.74) is 0.499. The van der Waals surface area contributed by atoms with E-state index in [2.05, 4.69) is 16.8 Å². The first-order chi connectivity index (χ1) is 8.72. The SMILES string of the molecule is C=C(C)C(=O)NCCCN(C)CCCCS(=O)(=O)O. The van der Waals surface area contributed by atoms with Crippen molar-refractivity contribution in [3.8, 4) is 0 Å². The molecule has 7 heteroatoms. The van der Waals surface area contributed by atoms with Gasteiger partial charge in [-0.2, -0.15) is 8.42 Å². The number of rotatable bonds is 10. The Kier molecular flexibility index (Phi) is 8.62. The zero-order valence-electron chi connectivity index (χ0n) is 11.7. The zero-order valence-corrected chi connectivity index (χ0v) is 12.5. The molecule has 0 radical (unpaired) electrons. The standard InChI is InChI=1S/C12H24N2O4S/c1-11(2)12(15)13-7-6-9-14(3)8-4-5-10-19(16,17)18/h1,4-10H2,2-3H3,(H,13,15)(H,16,17,18). The van der Waals surface area contributed by atoms with E-state index >= 15 is 0 Å².